The highest BCUT2D eigenvalue weighted by Crippen LogP contribution is 2.15. The van der Waals surface area contributed by atoms with Gasteiger partial charge in [0.15, 0.2) is 6.61 Å². The summed E-state index contributed by atoms with van der Waals surface area (Å²) < 4.78 is 36.6. The van der Waals surface area contributed by atoms with E-state index in [1.165, 1.54) is 12.1 Å². The van der Waals surface area contributed by atoms with E-state index in [-0.39, 0.29) is 30.4 Å². The van der Waals surface area contributed by atoms with E-state index < -0.39 is 16.0 Å². The maximum Gasteiger partial charge on any atom is 0.307 e. The lowest BCUT2D eigenvalue weighted by Crippen LogP contribution is -2.31. The molecule has 9 heteroatoms. The topological polar surface area (TPSA) is 111 Å². The van der Waals surface area contributed by atoms with Crippen molar-refractivity contribution in [2.45, 2.75) is 38.0 Å². The maximum atomic E-state index is 12.1. The molecule has 0 atom stereocenters. The second-order valence-corrected chi connectivity index (χ2v) is 7.18. The average molecular weight is 386 g/mol. The van der Waals surface area contributed by atoms with Gasteiger partial charge in [0, 0.05) is 13.1 Å². The number of rotatable bonds is 12. The number of benzene rings is 1. The molecule has 0 radical (unpaired) electrons. The molecule has 0 unspecified atom stereocenters. The van der Waals surface area contributed by atoms with Gasteiger partial charge in [-0.3, -0.25) is 9.59 Å². The lowest BCUT2D eigenvalue weighted by Gasteiger charge is -2.08. The molecule has 146 valence electrons. The Labute approximate surface area is 154 Å². The van der Waals surface area contributed by atoms with Crippen LogP contribution >= 0.6 is 0 Å². The number of carbonyl (C=O) groups excluding carboxylic acids is 2. The van der Waals surface area contributed by atoms with Gasteiger partial charge in [0.25, 0.3) is 5.91 Å². The monoisotopic (exact) mass is 386 g/mol. The fourth-order valence-electron chi connectivity index (χ4n) is 1.93. The Morgan fingerprint density at radius 2 is 1.77 bits per heavy atom. The first kappa shape index (κ1) is 21.9. The molecule has 0 spiro atoms. The Balaban J connectivity index is 2.34. The molecular formula is C17H26N2O6S. The summed E-state index contributed by atoms with van der Waals surface area (Å²) in [4.78, 5) is 23.0. The predicted molar refractivity (Wildman–Crippen MR) is 96.3 cm³/mol. The third kappa shape index (κ3) is 8.30. The van der Waals surface area contributed by atoms with Crippen LogP contribution in [0.15, 0.2) is 29.2 Å². The second-order valence-electron chi connectivity index (χ2n) is 5.42. The Morgan fingerprint density at radius 1 is 1.08 bits per heavy atom. The largest absolute Gasteiger partial charge is 0.494 e. The molecule has 0 aliphatic rings. The number of unbranched alkanes of at least 4 members (excludes halogenated alkanes) is 1. The van der Waals surface area contributed by atoms with Crippen LogP contribution in [-0.4, -0.2) is 46.6 Å². The lowest BCUT2D eigenvalue weighted by molar-refractivity contribution is -0.148. The number of nitrogens with one attached hydrogen (secondary N) is 2. The number of esters is 1. The van der Waals surface area contributed by atoms with Crippen LogP contribution in [0.3, 0.4) is 0 Å². The molecule has 1 aromatic rings. The molecule has 0 heterocycles. The molecule has 1 amide bonds. The van der Waals surface area contributed by atoms with Crippen LogP contribution in [0, 0.1) is 0 Å². The molecule has 0 aliphatic carbocycles. The van der Waals surface area contributed by atoms with Gasteiger partial charge in [0.05, 0.1) is 17.9 Å². The number of ether oxygens (including phenoxy) is 2. The van der Waals surface area contributed by atoms with E-state index in [0.717, 1.165) is 12.8 Å². The predicted octanol–water partition coefficient (Wildman–Crippen LogP) is 1.21. The van der Waals surface area contributed by atoms with Crippen molar-refractivity contribution in [1.82, 2.24) is 10.0 Å². The molecule has 1 aromatic carbocycles. The normalized spacial score (nSPS) is 11.0. The van der Waals surface area contributed by atoms with Crippen molar-refractivity contribution in [3.8, 4) is 5.75 Å². The summed E-state index contributed by atoms with van der Waals surface area (Å²) in [5.41, 5.74) is 0. The van der Waals surface area contributed by atoms with Crippen LogP contribution in [-0.2, 0) is 24.3 Å². The maximum absolute atomic E-state index is 12.1. The number of hydrogen-bond acceptors (Lipinski definition) is 6. The van der Waals surface area contributed by atoms with Crippen molar-refractivity contribution in [2.75, 3.05) is 26.3 Å². The fraction of sp³-hybridized carbons (Fsp3) is 0.529. The number of carbonyl (C=O) groups is 2. The Hall–Kier alpha value is -2.13. The molecule has 0 saturated carbocycles. The van der Waals surface area contributed by atoms with Gasteiger partial charge in [0.1, 0.15) is 5.75 Å². The Morgan fingerprint density at radius 3 is 2.38 bits per heavy atom. The molecule has 1 rings (SSSR count). The van der Waals surface area contributed by atoms with Gasteiger partial charge in [-0.25, -0.2) is 13.1 Å². The van der Waals surface area contributed by atoms with Crippen molar-refractivity contribution >= 4 is 21.9 Å². The van der Waals surface area contributed by atoms with E-state index >= 15 is 0 Å². The highest BCUT2D eigenvalue weighted by Gasteiger charge is 2.15. The summed E-state index contributed by atoms with van der Waals surface area (Å²) in [6, 6.07) is 5.96. The molecule has 2 N–H and O–H groups in total. The summed E-state index contributed by atoms with van der Waals surface area (Å²) in [6.45, 7) is 4.37. The fourth-order valence-corrected chi connectivity index (χ4v) is 2.96. The van der Waals surface area contributed by atoms with Crippen LogP contribution in [0.1, 0.15) is 33.1 Å². The van der Waals surface area contributed by atoms with Crippen LogP contribution in [0.5, 0.6) is 5.75 Å². The highest BCUT2D eigenvalue weighted by atomic mass is 32.2. The Bertz CT molecular complexity index is 673. The summed E-state index contributed by atoms with van der Waals surface area (Å²) >= 11 is 0. The van der Waals surface area contributed by atoms with E-state index in [4.69, 9.17) is 9.47 Å². The third-order valence-electron chi connectivity index (χ3n) is 3.28. The van der Waals surface area contributed by atoms with E-state index in [2.05, 4.69) is 10.0 Å². The van der Waals surface area contributed by atoms with Crippen molar-refractivity contribution < 1.29 is 27.5 Å². The second kappa shape index (κ2) is 11.5. The molecule has 0 aromatic heterocycles. The van der Waals surface area contributed by atoms with Gasteiger partial charge in [-0.15, -0.1) is 0 Å². The Kier molecular flexibility index (Phi) is 9.67. The van der Waals surface area contributed by atoms with E-state index in [1.54, 1.807) is 12.1 Å². The van der Waals surface area contributed by atoms with Crippen LogP contribution in [0.25, 0.3) is 0 Å². The van der Waals surface area contributed by atoms with Gasteiger partial charge < -0.3 is 14.8 Å². The molecule has 0 aliphatic heterocycles. The molecular weight excluding hydrogens is 360 g/mol. The van der Waals surface area contributed by atoms with Crippen molar-refractivity contribution in [2.24, 2.45) is 0 Å². The quantitative estimate of drug-likeness (QED) is 0.413. The van der Waals surface area contributed by atoms with Crippen LogP contribution in [0.2, 0.25) is 0 Å². The van der Waals surface area contributed by atoms with E-state index in [0.29, 0.717) is 18.9 Å². The zero-order chi connectivity index (χ0) is 19.4. The minimum Gasteiger partial charge on any atom is -0.494 e. The van der Waals surface area contributed by atoms with E-state index in [9.17, 15) is 18.0 Å². The summed E-state index contributed by atoms with van der Waals surface area (Å²) in [6.07, 6.45) is 1.64. The van der Waals surface area contributed by atoms with Crippen molar-refractivity contribution in [3.63, 3.8) is 0 Å². The molecule has 8 nitrogen and oxygen atoms in total. The van der Waals surface area contributed by atoms with Gasteiger partial charge in [-0.05, 0) is 37.6 Å². The van der Waals surface area contributed by atoms with Crippen molar-refractivity contribution in [3.05, 3.63) is 24.3 Å². The lowest BCUT2D eigenvalue weighted by atomic mass is 10.3. The first-order chi connectivity index (χ1) is 12.4. The van der Waals surface area contributed by atoms with Gasteiger partial charge in [-0.1, -0.05) is 13.3 Å². The number of sulfonamides is 1. The summed E-state index contributed by atoms with van der Waals surface area (Å²) in [7, 11) is -3.73. The SMILES string of the molecule is CCCCNC(=O)COC(=O)CCNS(=O)(=O)c1ccc(OCC)cc1. The van der Waals surface area contributed by atoms with Gasteiger partial charge in [0.2, 0.25) is 10.0 Å². The highest BCUT2D eigenvalue weighted by molar-refractivity contribution is 7.89. The molecule has 0 fully saturated rings. The molecule has 26 heavy (non-hydrogen) atoms. The average Bonchev–Trinajstić information content (AvgIpc) is 2.61. The van der Waals surface area contributed by atoms with Gasteiger partial charge in [-0.2, -0.15) is 0 Å². The first-order valence-electron chi connectivity index (χ1n) is 8.54. The smallest absolute Gasteiger partial charge is 0.307 e. The van der Waals surface area contributed by atoms with Gasteiger partial charge >= 0.3 is 5.97 Å². The standard InChI is InChI=1S/C17H26N2O6S/c1-3-5-11-18-16(20)13-25-17(21)10-12-19-26(22,23)15-8-6-14(7-9-15)24-4-2/h6-9,19H,3-5,10-13H2,1-2H3,(H,18,20). The first-order valence-corrected chi connectivity index (χ1v) is 10.0. The number of amides is 1. The molecule has 0 bridgehead atoms. The zero-order valence-electron chi connectivity index (χ0n) is 15.1. The third-order valence-corrected chi connectivity index (χ3v) is 4.76. The minimum absolute atomic E-state index is 0.0737. The van der Waals surface area contributed by atoms with Crippen LogP contribution in [0.4, 0.5) is 0 Å². The summed E-state index contributed by atoms with van der Waals surface area (Å²) in [5.74, 6) is -0.445. The van der Waals surface area contributed by atoms with Crippen LogP contribution < -0.4 is 14.8 Å². The van der Waals surface area contributed by atoms with Crippen molar-refractivity contribution in [1.29, 1.82) is 0 Å². The van der Waals surface area contributed by atoms with E-state index in [1.807, 2.05) is 13.8 Å². The minimum atomic E-state index is -3.73. The zero-order valence-corrected chi connectivity index (χ0v) is 15.9. The number of hydrogen-bond donors (Lipinski definition) is 2. The molecule has 0 saturated heterocycles. The summed E-state index contributed by atoms with van der Waals surface area (Å²) in [5, 5.41) is 2.62.